The average molecular weight is 358 g/mol. The van der Waals surface area contributed by atoms with Crippen molar-refractivity contribution in [1.29, 1.82) is 0 Å². The Balaban J connectivity index is 1.57. The molecular formula is C17H22N6OS. The van der Waals surface area contributed by atoms with Crippen molar-refractivity contribution < 1.29 is 0 Å². The van der Waals surface area contributed by atoms with Crippen LogP contribution in [0.3, 0.4) is 0 Å². The van der Waals surface area contributed by atoms with Crippen LogP contribution < -0.4 is 10.6 Å². The molecule has 1 aliphatic rings. The highest BCUT2D eigenvalue weighted by atomic mass is 32.1. The third kappa shape index (κ3) is 2.64. The summed E-state index contributed by atoms with van der Waals surface area (Å²) >= 11 is 1.71. The Morgan fingerprint density at radius 1 is 1.28 bits per heavy atom. The molecule has 1 aliphatic heterocycles. The van der Waals surface area contributed by atoms with Crippen LogP contribution in [0.2, 0.25) is 0 Å². The molecule has 0 bridgehead atoms. The second kappa shape index (κ2) is 6.25. The Labute approximate surface area is 149 Å². The fourth-order valence-electron chi connectivity index (χ4n) is 3.65. The monoisotopic (exact) mass is 358 g/mol. The quantitative estimate of drug-likeness (QED) is 0.719. The molecule has 0 radical (unpaired) electrons. The number of nitrogens with zero attached hydrogens (tertiary/aromatic N) is 6. The van der Waals surface area contributed by atoms with Crippen LogP contribution in [0.4, 0.5) is 5.82 Å². The minimum Gasteiger partial charge on any atom is -0.355 e. The Morgan fingerprint density at radius 2 is 2.04 bits per heavy atom. The summed E-state index contributed by atoms with van der Waals surface area (Å²) in [6, 6.07) is 0. The largest absolute Gasteiger partial charge is 0.355 e. The number of piperidine rings is 1. The van der Waals surface area contributed by atoms with Gasteiger partial charge in [0.1, 0.15) is 18.0 Å². The molecule has 1 fully saturated rings. The lowest BCUT2D eigenvalue weighted by Gasteiger charge is -2.32. The van der Waals surface area contributed by atoms with E-state index in [1.54, 1.807) is 29.3 Å². The van der Waals surface area contributed by atoms with E-state index in [9.17, 15) is 4.79 Å². The van der Waals surface area contributed by atoms with E-state index in [0.717, 1.165) is 43.1 Å². The maximum Gasteiger partial charge on any atom is 0.345 e. The summed E-state index contributed by atoms with van der Waals surface area (Å²) in [5, 5.41) is 6.62. The molecule has 7 nitrogen and oxygen atoms in total. The third-order valence-electron chi connectivity index (χ3n) is 5.02. The highest BCUT2D eigenvalue weighted by Gasteiger charge is 2.27. The molecule has 132 valence electrons. The van der Waals surface area contributed by atoms with E-state index < -0.39 is 0 Å². The number of aromatic nitrogens is 5. The molecule has 4 rings (SSSR count). The molecule has 0 amide bonds. The first kappa shape index (κ1) is 16.3. The smallest absolute Gasteiger partial charge is 0.345 e. The Bertz CT molecular complexity index is 963. The Kier molecular flexibility index (Phi) is 4.07. The first-order chi connectivity index (χ1) is 12.1. The van der Waals surface area contributed by atoms with Crippen LogP contribution in [-0.4, -0.2) is 37.4 Å². The van der Waals surface area contributed by atoms with Crippen molar-refractivity contribution in [2.45, 2.75) is 39.2 Å². The van der Waals surface area contributed by atoms with Crippen LogP contribution in [0, 0.1) is 6.92 Å². The van der Waals surface area contributed by atoms with Gasteiger partial charge < -0.3 is 4.90 Å². The standard InChI is InChI=1S/C17H22N6OS/c1-4-23-15(20-21(3)17(23)24)12-5-7-22(8-6-12)16-14-13(18-10-19-16)11(2)9-25-14/h9-10,12H,4-8H2,1-3H3. The summed E-state index contributed by atoms with van der Waals surface area (Å²) in [4.78, 5) is 23.4. The van der Waals surface area contributed by atoms with E-state index in [0.29, 0.717) is 12.5 Å². The van der Waals surface area contributed by atoms with Gasteiger partial charge in [-0.2, -0.15) is 5.10 Å². The lowest BCUT2D eigenvalue weighted by atomic mass is 9.96. The zero-order valence-corrected chi connectivity index (χ0v) is 15.6. The van der Waals surface area contributed by atoms with Crippen molar-refractivity contribution in [2.75, 3.05) is 18.0 Å². The van der Waals surface area contributed by atoms with E-state index in [4.69, 9.17) is 0 Å². The fraction of sp³-hybridized carbons (Fsp3) is 0.529. The SMILES string of the molecule is CCn1c(C2CCN(c3ncnc4c(C)csc34)CC2)nn(C)c1=O. The minimum absolute atomic E-state index is 0.0218. The molecule has 3 aromatic heterocycles. The van der Waals surface area contributed by atoms with Crippen molar-refractivity contribution >= 4 is 27.4 Å². The second-order valence-corrected chi connectivity index (χ2v) is 7.44. The lowest BCUT2D eigenvalue weighted by Crippen LogP contribution is -2.34. The first-order valence-electron chi connectivity index (χ1n) is 8.67. The Morgan fingerprint density at radius 3 is 2.76 bits per heavy atom. The molecule has 0 saturated carbocycles. The Hall–Kier alpha value is -2.22. The maximum absolute atomic E-state index is 12.1. The van der Waals surface area contributed by atoms with Crippen LogP contribution in [0.5, 0.6) is 0 Å². The van der Waals surface area contributed by atoms with Gasteiger partial charge in [-0.25, -0.2) is 19.4 Å². The van der Waals surface area contributed by atoms with E-state index in [2.05, 4.69) is 32.3 Å². The van der Waals surface area contributed by atoms with Gasteiger partial charge in [-0.15, -0.1) is 11.3 Å². The van der Waals surface area contributed by atoms with Gasteiger partial charge in [0.15, 0.2) is 0 Å². The summed E-state index contributed by atoms with van der Waals surface area (Å²) in [7, 11) is 1.73. The number of aryl methyl sites for hydroxylation is 2. The van der Waals surface area contributed by atoms with Crippen molar-refractivity contribution in [1.82, 2.24) is 24.3 Å². The molecule has 0 N–H and O–H groups in total. The molecule has 0 unspecified atom stereocenters. The number of hydrogen-bond donors (Lipinski definition) is 0. The molecule has 8 heteroatoms. The molecule has 1 saturated heterocycles. The van der Waals surface area contributed by atoms with Gasteiger partial charge in [0.05, 0.1) is 10.2 Å². The summed E-state index contributed by atoms with van der Waals surface area (Å²) < 4.78 is 4.42. The average Bonchev–Trinajstić information content (AvgIpc) is 3.15. The lowest BCUT2D eigenvalue weighted by molar-refractivity contribution is 0.463. The van der Waals surface area contributed by atoms with Gasteiger partial charge in [-0.05, 0) is 37.6 Å². The number of anilines is 1. The molecule has 25 heavy (non-hydrogen) atoms. The number of hydrogen-bond acceptors (Lipinski definition) is 6. The third-order valence-corrected chi connectivity index (χ3v) is 6.11. The van der Waals surface area contributed by atoms with Crippen molar-refractivity contribution in [3.05, 3.63) is 33.6 Å². The molecule has 3 aromatic rings. The van der Waals surface area contributed by atoms with E-state index in [1.807, 2.05) is 6.92 Å². The molecular weight excluding hydrogens is 336 g/mol. The van der Waals surface area contributed by atoms with Crippen molar-refractivity contribution in [2.24, 2.45) is 7.05 Å². The predicted octanol–water partition coefficient (Wildman–Crippen LogP) is 2.30. The minimum atomic E-state index is -0.0218. The number of fused-ring (bicyclic) bond motifs is 1. The fourth-order valence-corrected chi connectivity index (χ4v) is 4.67. The number of thiophene rings is 1. The van der Waals surface area contributed by atoms with E-state index >= 15 is 0 Å². The van der Waals surface area contributed by atoms with E-state index in [-0.39, 0.29) is 5.69 Å². The van der Waals surface area contributed by atoms with E-state index in [1.165, 1.54) is 14.9 Å². The molecule has 4 heterocycles. The number of rotatable bonds is 3. The van der Waals surface area contributed by atoms with Gasteiger partial charge in [0.2, 0.25) is 0 Å². The molecule has 0 atom stereocenters. The second-order valence-electron chi connectivity index (χ2n) is 6.56. The molecule has 0 aromatic carbocycles. The van der Waals surface area contributed by atoms with Gasteiger partial charge in [-0.1, -0.05) is 0 Å². The van der Waals surface area contributed by atoms with Crippen LogP contribution in [0.15, 0.2) is 16.5 Å². The van der Waals surface area contributed by atoms with Crippen LogP contribution in [0.1, 0.15) is 37.1 Å². The van der Waals surface area contributed by atoms with Crippen LogP contribution in [-0.2, 0) is 13.6 Å². The summed E-state index contributed by atoms with van der Waals surface area (Å²) in [5.74, 6) is 2.29. The van der Waals surface area contributed by atoms with Gasteiger partial charge >= 0.3 is 5.69 Å². The van der Waals surface area contributed by atoms with Crippen molar-refractivity contribution in [3.63, 3.8) is 0 Å². The van der Waals surface area contributed by atoms with Gasteiger partial charge in [0, 0.05) is 32.6 Å². The van der Waals surface area contributed by atoms with Crippen LogP contribution in [0.25, 0.3) is 10.2 Å². The maximum atomic E-state index is 12.1. The first-order valence-corrected chi connectivity index (χ1v) is 9.55. The highest BCUT2D eigenvalue weighted by molar-refractivity contribution is 7.18. The van der Waals surface area contributed by atoms with Gasteiger partial charge in [-0.3, -0.25) is 4.57 Å². The summed E-state index contributed by atoms with van der Waals surface area (Å²) in [6.07, 6.45) is 3.62. The van der Waals surface area contributed by atoms with Crippen molar-refractivity contribution in [3.8, 4) is 0 Å². The zero-order chi connectivity index (χ0) is 17.6. The summed E-state index contributed by atoms with van der Waals surface area (Å²) in [6.45, 7) is 6.60. The predicted molar refractivity (Wildman–Crippen MR) is 99.5 cm³/mol. The zero-order valence-electron chi connectivity index (χ0n) is 14.8. The topological polar surface area (TPSA) is 68.8 Å². The van der Waals surface area contributed by atoms with Crippen LogP contribution >= 0.6 is 11.3 Å². The normalized spacial score (nSPS) is 16.0. The molecule has 0 spiro atoms. The summed E-state index contributed by atoms with van der Waals surface area (Å²) in [5.41, 5.74) is 2.24. The molecule has 0 aliphatic carbocycles. The highest BCUT2D eigenvalue weighted by Crippen LogP contribution is 2.34. The van der Waals surface area contributed by atoms with Gasteiger partial charge in [0.25, 0.3) is 0 Å².